The van der Waals surface area contributed by atoms with Crippen LogP contribution in [0.15, 0.2) is 58.0 Å². The molecule has 1 heterocycles. The van der Waals surface area contributed by atoms with Crippen LogP contribution in [-0.4, -0.2) is 38.1 Å². The first-order valence-corrected chi connectivity index (χ1v) is 12.4. The molecule has 0 radical (unpaired) electrons. The maximum Gasteiger partial charge on any atom is 0.501 e. The number of fused-ring (bicyclic) bond motifs is 1. The van der Waals surface area contributed by atoms with Crippen molar-refractivity contribution in [2.24, 2.45) is 0 Å². The topological polar surface area (TPSA) is 90.2 Å². The number of alkyl halides is 12. The summed E-state index contributed by atoms with van der Waals surface area (Å²) in [4.78, 5) is 10.7. The highest BCUT2D eigenvalue weighted by atomic mass is 79.9. The fraction of sp³-hybridized carbons (Fsp3) is 0.238. The number of anilines is 1. The lowest BCUT2D eigenvalue weighted by molar-refractivity contribution is -0.577. The third-order valence-corrected chi connectivity index (χ3v) is 7.87. The molecule has 0 fully saturated rings. The Morgan fingerprint density at radius 3 is 1.95 bits per heavy atom. The van der Waals surface area contributed by atoms with E-state index in [1.807, 2.05) is 15.9 Å². The van der Waals surface area contributed by atoms with E-state index in [0.29, 0.717) is 0 Å². The number of nitrogens with zero attached hydrogens (tertiary/aromatic N) is 1. The first-order valence-electron chi connectivity index (χ1n) is 10.2. The number of carbonyl (C=O) groups excluding carboxylic acids is 1. The second kappa shape index (κ2) is 9.92. The van der Waals surface area contributed by atoms with Gasteiger partial charge in [0.05, 0.1) is 5.69 Å². The SMILES string of the molecule is O=C(Nc1c(S(=O)(=O)C(F)(F)F)ccc(C(F)(C(F)(F)F)C(F)(F)C(F)(F)F)c1Br)c1ccc2ccc[n+]([O-])c2c1. The normalized spacial score (nSPS) is 15.0. The number of amides is 1. The van der Waals surface area contributed by atoms with Crippen molar-refractivity contribution in [3.63, 3.8) is 0 Å². The monoisotopic (exact) mass is 692 g/mol. The summed E-state index contributed by atoms with van der Waals surface area (Å²) in [6.45, 7) is 0. The van der Waals surface area contributed by atoms with Crippen molar-refractivity contribution in [1.82, 2.24) is 0 Å². The minimum absolute atomic E-state index is 0.185. The van der Waals surface area contributed by atoms with Crippen molar-refractivity contribution in [1.29, 1.82) is 0 Å². The molecule has 20 heteroatoms. The van der Waals surface area contributed by atoms with Crippen LogP contribution in [0.25, 0.3) is 10.9 Å². The standard InChI is InChI=1S/C21H9BrF12N2O4S/c22-14-11(17(23,19(26,27)28)18(24,25)20(29,30)31)5-6-13(41(39,40)21(32,33)34)15(14)35-16(37)10-4-3-9-2-1-7-36(38)12(9)8-10/h1-8H,(H,35,37). The Bertz CT molecular complexity index is 1640. The van der Waals surface area contributed by atoms with Gasteiger partial charge in [-0.2, -0.15) is 53.0 Å². The summed E-state index contributed by atoms with van der Waals surface area (Å²) < 4.78 is 185. The molecule has 3 rings (SSSR count). The van der Waals surface area contributed by atoms with Crippen LogP contribution in [0.2, 0.25) is 0 Å². The molecule has 2 aromatic carbocycles. The molecule has 0 saturated heterocycles. The summed E-state index contributed by atoms with van der Waals surface area (Å²) in [5, 5.41) is 13.5. The maximum absolute atomic E-state index is 15.1. The minimum Gasteiger partial charge on any atom is -0.618 e. The highest BCUT2D eigenvalue weighted by Crippen LogP contribution is 2.60. The van der Waals surface area contributed by atoms with E-state index in [9.17, 15) is 66.7 Å². The third kappa shape index (κ3) is 5.15. The van der Waals surface area contributed by atoms with Crippen molar-refractivity contribution in [2.75, 3.05) is 5.32 Å². The molecule has 224 valence electrons. The Hall–Kier alpha value is -3.29. The van der Waals surface area contributed by atoms with Crippen LogP contribution in [0, 0.1) is 5.21 Å². The zero-order valence-electron chi connectivity index (χ0n) is 19.0. The number of rotatable bonds is 5. The lowest BCUT2D eigenvalue weighted by atomic mass is 9.87. The number of hydrogen-bond acceptors (Lipinski definition) is 4. The number of aromatic nitrogens is 1. The van der Waals surface area contributed by atoms with E-state index in [4.69, 9.17) is 0 Å². The van der Waals surface area contributed by atoms with Crippen LogP contribution >= 0.6 is 15.9 Å². The summed E-state index contributed by atoms with van der Waals surface area (Å²) in [6.07, 6.45) is -13.4. The van der Waals surface area contributed by atoms with Gasteiger partial charge in [-0.15, -0.1) is 0 Å². The predicted molar refractivity (Wildman–Crippen MR) is 118 cm³/mol. The summed E-state index contributed by atoms with van der Waals surface area (Å²) in [6, 6.07) is 4.18. The Kier molecular flexibility index (Phi) is 7.79. The quantitative estimate of drug-likeness (QED) is 0.183. The van der Waals surface area contributed by atoms with Gasteiger partial charge in [0.25, 0.3) is 15.7 Å². The fourth-order valence-corrected chi connectivity index (χ4v) is 5.26. The lowest BCUT2D eigenvalue weighted by Crippen LogP contribution is -2.60. The maximum atomic E-state index is 15.1. The first kappa shape index (κ1) is 32.2. The Morgan fingerprint density at radius 1 is 0.854 bits per heavy atom. The molecule has 0 spiro atoms. The van der Waals surface area contributed by atoms with Crippen molar-refractivity contribution in [2.45, 2.75) is 34.3 Å². The number of hydrogen-bond donors (Lipinski definition) is 1. The summed E-state index contributed by atoms with van der Waals surface area (Å²) in [7, 11) is -6.67. The van der Waals surface area contributed by atoms with Gasteiger partial charge >= 0.3 is 29.5 Å². The number of carbonyl (C=O) groups is 1. The Balaban J connectivity index is 2.36. The van der Waals surface area contributed by atoms with E-state index in [1.165, 1.54) is 17.4 Å². The highest BCUT2D eigenvalue weighted by Gasteiger charge is 2.82. The molecule has 1 N–H and O–H groups in total. The zero-order valence-corrected chi connectivity index (χ0v) is 21.4. The number of sulfone groups is 1. The zero-order chi connectivity index (χ0) is 31.6. The molecule has 0 aliphatic heterocycles. The van der Waals surface area contributed by atoms with E-state index >= 15 is 4.39 Å². The second-order valence-electron chi connectivity index (χ2n) is 8.04. The van der Waals surface area contributed by atoms with Crippen LogP contribution in [0.5, 0.6) is 0 Å². The molecule has 0 bridgehead atoms. The van der Waals surface area contributed by atoms with Gasteiger partial charge in [0.15, 0.2) is 6.20 Å². The van der Waals surface area contributed by atoms with Crippen LogP contribution in [0.3, 0.4) is 0 Å². The molecule has 1 unspecified atom stereocenters. The number of nitrogens with one attached hydrogen (secondary N) is 1. The van der Waals surface area contributed by atoms with Crippen LogP contribution in [-0.2, 0) is 15.5 Å². The molecule has 0 saturated carbocycles. The van der Waals surface area contributed by atoms with Gasteiger partial charge in [-0.3, -0.25) is 4.79 Å². The largest absolute Gasteiger partial charge is 0.618 e. The number of halogens is 13. The van der Waals surface area contributed by atoms with Gasteiger partial charge in [0.2, 0.25) is 5.52 Å². The average molecular weight is 693 g/mol. The summed E-state index contributed by atoms with van der Waals surface area (Å²) in [5.41, 5.74) is -18.6. The molecule has 1 amide bonds. The van der Waals surface area contributed by atoms with Crippen LogP contribution in [0.4, 0.5) is 58.4 Å². The predicted octanol–water partition coefficient (Wildman–Crippen LogP) is 6.71. The summed E-state index contributed by atoms with van der Waals surface area (Å²) in [5.74, 6) is -8.97. The van der Waals surface area contributed by atoms with Crippen molar-refractivity contribution in [3.05, 3.63) is 69.5 Å². The minimum atomic E-state index is -7.29. The Morgan fingerprint density at radius 2 is 1.44 bits per heavy atom. The van der Waals surface area contributed by atoms with Crippen molar-refractivity contribution < 1.29 is 70.6 Å². The molecule has 1 aromatic heterocycles. The lowest BCUT2D eigenvalue weighted by Gasteiger charge is -2.37. The molecule has 3 aromatic rings. The molecular formula is C21H9BrF12N2O4S. The van der Waals surface area contributed by atoms with E-state index in [0.717, 1.165) is 24.4 Å². The smallest absolute Gasteiger partial charge is 0.501 e. The molecule has 1 atom stereocenters. The Labute approximate surface area is 228 Å². The van der Waals surface area contributed by atoms with Crippen molar-refractivity contribution >= 4 is 48.3 Å². The molecule has 41 heavy (non-hydrogen) atoms. The number of benzene rings is 2. The van der Waals surface area contributed by atoms with E-state index < -0.39 is 83.5 Å². The first-order chi connectivity index (χ1) is 18.4. The van der Waals surface area contributed by atoms with Crippen LogP contribution in [0.1, 0.15) is 15.9 Å². The van der Waals surface area contributed by atoms with Gasteiger partial charge in [0.1, 0.15) is 4.90 Å². The molecule has 6 nitrogen and oxygen atoms in total. The van der Waals surface area contributed by atoms with E-state index in [2.05, 4.69) is 0 Å². The van der Waals surface area contributed by atoms with Gasteiger partial charge < -0.3 is 10.5 Å². The summed E-state index contributed by atoms with van der Waals surface area (Å²) >= 11 is 1.99. The molecule has 0 aliphatic rings. The van der Waals surface area contributed by atoms with Gasteiger partial charge in [-0.05, 0) is 40.2 Å². The third-order valence-electron chi connectivity index (χ3n) is 5.51. The highest BCUT2D eigenvalue weighted by molar-refractivity contribution is 9.10. The molecular weight excluding hydrogens is 684 g/mol. The van der Waals surface area contributed by atoms with Crippen molar-refractivity contribution in [3.8, 4) is 0 Å². The second-order valence-corrected chi connectivity index (χ2v) is 10.7. The fourth-order valence-electron chi connectivity index (χ4n) is 3.49. The van der Waals surface area contributed by atoms with Gasteiger partial charge in [-0.25, -0.2) is 12.8 Å². The van der Waals surface area contributed by atoms with E-state index in [-0.39, 0.29) is 15.6 Å². The van der Waals surface area contributed by atoms with E-state index in [1.54, 1.807) is 0 Å². The van der Waals surface area contributed by atoms with Crippen LogP contribution < -0.4 is 10.0 Å². The van der Waals surface area contributed by atoms with Gasteiger partial charge in [0, 0.05) is 33.1 Å². The number of pyridine rings is 1. The average Bonchev–Trinajstić information content (AvgIpc) is 2.82. The van der Waals surface area contributed by atoms with Gasteiger partial charge in [-0.1, -0.05) is 6.07 Å². The molecule has 0 aliphatic carbocycles.